The zero-order valence-electron chi connectivity index (χ0n) is 17.8. The molecular weight excluding hydrogens is 461 g/mol. The van der Waals surface area contributed by atoms with Crippen LogP contribution in [0.5, 0.6) is 0 Å². The Balaban J connectivity index is 1.54. The standard InChI is InChI=1S/C25H21ClFN3O2S/c1-16-4-2-5-17(12-16)15-29-22-9-8-19(27)14-21(22)25(23(29)31)30(10-11-33-25)24(32)28-20-7-3-6-18(26)13-20/h2-9,12-14H,10-11,15H2,1H3,(H,28,32)/t25-/m1/s1. The number of amides is 3. The highest BCUT2D eigenvalue weighted by Crippen LogP contribution is 2.54. The maximum Gasteiger partial charge on any atom is 0.323 e. The number of fused-ring (bicyclic) bond motifs is 2. The van der Waals surface area contributed by atoms with Gasteiger partial charge in [-0.3, -0.25) is 9.69 Å². The summed E-state index contributed by atoms with van der Waals surface area (Å²) in [7, 11) is 0. The molecule has 3 amide bonds. The van der Waals surface area contributed by atoms with E-state index >= 15 is 0 Å². The molecule has 0 aliphatic carbocycles. The molecule has 1 saturated heterocycles. The summed E-state index contributed by atoms with van der Waals surface area (Å²) < 4.78 is 14.4. The summed E-state index contributed by atoms with van der Waals surface area (Å²) in [6.45, 7) is 2.69. The molecule has 5 rings (SSSR count). The average molecular weight is 482 g/mol. The number of aryl methyl sites for hydroxylation is 1. The van der Waals surface area contributed by atoms with Crippen LogP contribution in [0, 0.1) is 12.7 Å². The van der Waals surface area contributed by atoms with Gasteiger partial charge in [0, 0.05) is 28.6 Å². The number of carbonyl (C=O) groups excluding carboxylic acids is 2. The summed E-state index contributed by atoms with van der Waals surface area (Å²) in [5.41, 5.74) is 3.71. The van der Waals surface area contributed by atoms with E-state index in [2.05, 4.69) is 5.32 Å². The van der Waals surface area contributed by atoms with Gasteiger partial charge >= 0.3 is 6.03 Å². The van der Waals surface area contributed by atoms with Crippen LogP contribution in [0.1, 0.15) is 16.7 Å². The lowest BCUT2D eigenvalue weighted by molar-refractivity contribution is -0.123. The van der Waals surface area contributed by atoms with Gasteiger partial charge in [0.15, 0.2) is 4.87 Å². The first-order valence-electron chi connectivity index (χ1n) is 10.5. The maximum absolute atomic E-state index is 14.4. The number of nitrogens with zero attached hydrogens (tertiary/aromatic N) is 2. The van der Waals surface area contributed by atoms with Crippen LogP contribution in [0.25, 0.3) is 0 Å². The van der Waals surface area contributed by atoms with Gasteiger partial charge in [0.05, 0.1) is 12.2 Å². The van der Waals surface area contributed by atoms with Crippen LogP contribution >= 0.6 is 23.4 Å². The zero-order chi connectivity index (χ0) is 23.2. The number of thioether (sulfide) groups is 1. The van der Waals surface area contributed by atoms with Gasteiger partial charge in [-0.05, 0) is 48.9 Å². The molecule has 3 aromatic rings. The minimum absolute atomic E-state index is 0.242. The fourth-order valence-electron chi connectivity index (χ4n) is 4.49. The Labute approximate surface area is 200 Å². The molecule has 1 spiro atoms. The molecule has 0 saturated carbocycles. The van der Waals surface area contributed by atoms with Gasteiger partial charge in [0.25, 0.3) is 5.91 Å². The van der Waals surface area contributed by atoms with E-state index in [0.717, 1.165) is 11.1 Å². The van der Waals surface area contributed by atoms with Gasteiger partial charge in [0.1, 0.15) is 5.82 Å². The molecule has 0 bridgehead atoms. The van der Waals surface area contributed by atoms with E-state index in [-0.39, 0.29) is 5.91 Å². The average Bonchev–Trinajstić information content (AvgIpc) is 3.31. The van der Waals surface area contributed by atoms with Gasteiger partial charge in [-0.1, -0.05) is 47.5 Å². The van der Waals surface area contributed by atoms with Crippen molar-refractivity contribution in [3.05, 3.63) is 94.3 Å². The van der Waals surface area contributed by atoms with Crippen molar-refractivity contribution in [3.8, 4) is 0 Å². The lowest BCUT2D eigenvalue weighted by atomic mass is 10.1. The third-order valence-electron chi connectivity index (χ3n) is 5.90. The molecule has 8 heteroatoms. The van der Waals surface area contributed by atoms with Crippen molar-refractivity contribution in [2.24, 2.45) is 0 Å². The maximum atomic E-state index is 14.4. The minimum Gasteiger partial charge on any atom is -0.308 e. The summed E-state index contributed by atoms with van der Waals surface area (Å²) in [5, 5.41) is 3.33. The number of carbonyl (C=O) groups is 2. The van der Waals surface area contributed by atoms with Gasteiger partial charge in [0.2, 0.25) is 0 Å². The first kappa shape index (κ1) is 21.8. The van der Waals surface area contributed by atoms with Crippen molar-refractivity contribution in [3.63, 3.8) is 0 Å². The van der Waals surface area contributed by atoms with E-state index in [4.69, 9.17) is 11.6 Å². The molecular formula is C25H21ClFN3O2S. The smallest absolute Gasteiger partial charge is 0.308 e. The van der Waals surface area contributed by atoms with Crippen LogP contribution in [0.3, 0.4) is 0 Å². The van der Waals surface area contributed by atoms with Crippen molar-refractivity contribution in [2.45, 2.75) is 18.3 Å². The van der Waals surface area contributed by atoms with Gasteiger partial charge in [-0.25, -0.2) is 9.18 Å². The molecule has 0 radical (unpaired) electrons. The number of hydrogen-bond donors (Lipinski definition) is 1. The topological polar surface area (TPSA) is 52.7 Å². The Morgan fingerprint density at radius 2 is 1.97 bits per heavy atom. The van der Waals surface area contributed by atoms with Crippen LogP contribution in [0.15, 0.2) is 66.7 Å². The summed E-state index contributed by atoms with van der Waals surface area (Å²) >= 11 is 7.41. The number of urea groups is 1. The minimum atomic E-state index is -1.32. The zero-order valence-corrected chi connectivity index (χ0v) is 19.4. The fraction of sp³-hybridized carbons (Fsp3) is 0.200. The van der Waals surface area contributed by atoms with Crippen LogP contribution in [-0.4, -0.2) is 29.1 Å². The number of benzene rings is 3. The number of hydrogen-bond acceptors (Lipinski definition) is 3. The summed E-state index contributed by atoms with van der Waals surface area (Å²) in [6.07, 6.45) is 0. The Bertz CT molecular complexity index is 1270. The number of rotatable bonds is 3. The van der Waals surface area contributed by atoms with E-state index in [0.29, 0.717) is 40.8 Å². The van der Waals surface area contributed by atoms with Crippen molar-refractivity contribution >= 4 is 46.7 Å². The van der Waals surface area contributed by atoms with Crippen LogP contribution < -0.4 is 10.2 Å². The predicted octanol–water partition coefficient (Wildman–Crippen LogP) is 5.77. The van der Waals surface area contributed by atoms with Gasteiger partial charge in [-0.2, -0.15) is 0 Å². The highest BCUT2D eigenvalue weighted by molar-refractivity contribution is 8.01. The molecule has 1 fully saturated rings. The number of nitrogens with one attached hydrogen (secondary N) is 1. The second-order valence-corrected chi connectivity index (χ2v) is 9.85. The summed E-state index contributed by atoms with van der Waals surface area (Å²) in [6, 6.07) is 18.7. The quantitative estimate of drug-likeness (QED) is 0.517. The normalized spacial score (nSPS) is 19.3. The molecule has 2 aliphatic heterocycles. The van der Waals surface area contributed by atoms with Gasteiger partial charge < -0.3 is 10.2 Å². The SMILES string of the molecule is Cc1cccc(CN2C(=O)[C@]3(SCCN3C(=O)Nc3cccc(Cl)c3)c3cc(F)ccc32)c1. The highest BCUT2D eigenvalue weighted by Gasteiger charge is 2.59. The Morgan fingerprint density at radius 1 is 1.15 bits per heavy atom. The molecule has 5 nitrogen and oxygen atoms in total. The molecule has 3 aromatic carbocycles. The third-order valence-corrected chi connectivity index (χ3v) is 7.55. The fourth-order valence-corrected chi connectivity index (χ4v) is 6.14. The molecule has 2 aliphatic rings. The lowest BCUT2D eigenvalue weighted by Crippen LogP contribution is -2.51. The van der Waals surface area contributed by atoms with E-state index < -0.39 is 16.7 Å². The second-order valence-electron chi connectivity index (χ2n) is 8.13. The van der Waals surface area contributed by atoms with E-state index in [9.17, 15) is 14.0 Å². The van der Waals surface area contributed by atoms with Crippen molar-refractivity contribution in [2.75, 3.05) is 22.5 Å². The van der Waals surface area contributed by atoms with Crippen molar-refractivity contribution in [1.29, 1.82) is 0 Å². The van der Waals surface area contributed by atoms with E-state index in [1.807, 2.05) is 31.2 Å². The van der Waals surface area contributed by atoms with Crippen molar-refractivity contribution in [1.82, 2.24) is 4.90 Å². The summed E-state index contributed by atoms with van der Waals surface area (Å²) in [5.74, 6) is -0.127. The highest BCUT2D eigenvalue weighted by atomic mass is 35.5. The van der Waals surface area contributed by atoms with Crippen LogP contribution in [-0.2, 0) is 16.2 Å². The monoisotopic (exact) mass is 481 g/mol. The first-order valence-corrected chi connectivity index (χ1v) is 11.9. The Morgan fingerprint density at radius 3 is 2.76 bits per heavy atom. The van der Waals surface area contributed by atoms with E-state index in [1.54, 1.807) is 35.2 Å². The molecule has 168 valence electrons. The Kier molecular flexibility index (Phi) is 5.54. The summed E-state index contributed by atoms with van der Waals surface area (Å²) in [4.78, 5) is 29.1. The van der Waals surface area contributed by atoms with Crippen molar-refractivity contribution < 1.29 is 14.0 Å². The molecule has 0 aromatic heterocycles. The van der Waals surface area contributed by atoms with Crippen LogP contribution in [0.2, 0.25) is 5.02 Å². The largest absolute Gasteiger partial charge is 0.323 e. The molecule has 0 unspecified atom stereocenters. The molecule has 1 atom stereocenters. The Hall–Kier alpha value is -3.03. The third kappa shape index (κ3) is 3.75. The van der Waals surface area contributed by atoms with Gasteiger partial charge in [-0.15, -0.1) is 11.8 Å². The second kappa shape index (κ2) is 8.39. The lowest BCUT2D eigenvalue weighted by Gasteiger charge is -2.33. The predicted molar refractivity (Wildman–Crippen MR) is 130 cm³/mol. The van der Waals surface area contributed by atoms with Crippen LogP contribution in [0.4, 0.5) is 20.6 Å². The number of halogens is 2. The molecule has 33 heavy (non-hydrogen) atoms. The number of anilines is 2. The first-order chi connectivity index (χ1) is 15.9. The van der Waals surface area contributed by atoms with E-state index in [1.165, 1.54) is 28.8 Å². The molecule has 1 N–H and O–H groups in total. The molecule has 2 heterocycles.